The number of aliphatic hydroxyl groups excluding tert-OH is 1. The Hall–Kier alpha value is -1.56. The minimum Gasteiger partial charge on any atom is -0.391 e. The van der Waals surface area contributed by atoms with Crippen molar-refractivity contribution in [3.63, 3.8) is 0 Å². The van der Waals surface area contributed by atoms with Crippen molar-refractivity contribution in [1.29, 1.82) is 0 Å². The number of rotatable bonds is 3. The number of piperidine rings is 1. The molecule has 0 saturated carbocycles. The van der Waals surface area contributed by atoms with Crippen LogP contribution in [0.3, 0.4) is 0 Å². The van der Waals surface area contributed by atoms with Crippen LogP contribution in [0, 0.1) is 0 Å². The lowest BCUT2D eigenvalue weighted by Gasteiger charge is -2.30. The van der Waals surface area contributed by atoms with Crippen molar-refractivity contribution in [2.45, 2.75) is 39.0 Å². The van der Waals surface area contributed by atoms with E-state index in [1.807, 2.05) is 11.5 Å². The van der Waals surface area contributed by atoms with Crippen LogP contribution in [0.5, 0.6) is 0 Å². The molecule has 1 fully saturated rings. The van der Waals surface area contributed by atoms with Gasteiger partial charge in [0.25, 0.3) is 0 Å². The Balaban J connectivity index is 1.84. The molecule has 6 nitrogen and oxygen atoms in total. The van der Waals surface area contributed by atoms with Crippen LogP contribution in [-0.4, -0.2) is 44.8 Å². The molecule has 6 heteroatoms. The van der Waals surface area contributed by atoms with Crippen molar-refractivity contribution >= 4 is 6.03 Å². The number of imidazole rings is 1. The fourth-order valence-corrected chi connectivity index (χ4v) is 2.20. The summed E-state index contributed by atoms with van der Waals surface area (Å²) in [7, 11) is 0. The monoisotopic (exact) mass is 252 g/mol. The van der Waals surface area contributed by atoms with Crippen LogP contribution in [0.1, 0.15) is 25.5 Å². The predicted octanol–water partition coefficient (Wildman–Crippen LogP) is 0.569. The third kappa shape index (κ3) is 3.01. The van der Waals surface area contributed by atoms with E-state index in [2.05, 4.69) is 10.3 Å². The molecule has 0 aromatic carbocycles. The standard InChI is InChI=1S/C12H20N4O2/c1-2-15-9-13-6-10(15)7-14-12(18)16-5-3-4-11(17)8-16/h6,9,11,17H,2-5,7-8H2,1H3,(H,14,18). The molecule has 0 aliphatic carbocycles. The maximum atomic E-state index is 11.9. The summed E-state index contributed by atoms with van der Waals surface area (Å²) in [6.07, 6.45) is 4.78. The Morgan fingerprint density at radius 3 is 3.22 bits per heavy atom. The number of aryl methyl sites for hydroxylation is 1. The van der Waals surface area contributed by atoms with Gasteiger partial charge in [-0.3, -0.25) is 0 Å². The molecular weight excluding hydrogens is 232 g/mol. The second-order valence-electron chi connectivity index (χ2n) is 4.57. The second-order valence-corrected chi connectivity index (χ2v) is 4.57. The molecule has 1 aliphatic rings. The van der Waals surface area contributed by atoms with Crippen LogP contribution < -0.4 is 5.32 Å². The van der Waals surface area contributed by atoms with Gasteiger partial charge in [-0.1, -0.05) is 0 Å². The number of amides is 2. The van der Waals surface area contributed by atoms with Gasteiger partial charge in [0.05, 0.1) is 24.7 Å². The fraction of sp³-hybridized carbons (Fsp3) is 0.667. The first-order valence-electron chi connectivity index (χ1n) is 6.40. The smallest absolute Gasteiger partial charge is 0.317 e. The Labute approximate surface area is 107 Å². The average molecular weight is 252 g/mol. The number of nitrogens with one attached hydrogen (secondary N) is 1. The zero-order chi connectivity index (χ0) is 13.0. The molecule has 2 N–H and O–H groups in total. The first kappa shape index (κ1) is 12.9. The van der Waals surface area contributed by atoms with Crippen molar-refractivity contribution in [2.24, 2.45) is 0 Å². The maximum Gasteiger partial charge on any atom is 0.317 e. The number of carbonyl (C=O) groups is 1. The largest absolute Gasteiger partial charge is 0.391 e. The summed E-state index contributed by atoms with van der Waals surface area (Å²) in [5.41, 5.74) is 0.989. The number of likely N-dealkylation sites (tertiary alicyclic amines) is 1. The van der Waals surface area contributed by atoms with Crippen LogP contribution in [0.15, 0.2) is 12.5 Å². The highest BCUT2D eigenvalue weighted by Crippen LogP contribution is 2.09. The molecule has 0 bridgehead atoms. The van der Waals surface area contributed by atoms with Crippen LogP contribution >= 0.6 is 0 Å². The van der Waals surface area contributed by atoms with Crippen LogP contribution in [0.25, 0.3) is 0 Å². The summed E-state index contributed by atoms with van der Waals surface area (Å²) in [4.78, 5) is 17.6. The van der Waals surface area contributed by atoms with Crippen LogP contribution in [0.4, 0.5) is 4.79 Å². The molecule has 2 rings (SSSR count). The van der Waals surface area contributed by atoms with E-state index in [0.29, 0.717) is 13.1 Å². The van der Waals surface area contributed by atoms with E-state index >= 15 is 0 Å². The van der Waals surface area contributed by atoms with Gasteiger partial charge in [-0.2, -0.15) is 0 Å². The summed E-state index contributed by atoms with van der Waals surface area (Å²) < 4.78 is 1.99. The molecule has 1 atom stereocenters. The van der Waals surface area contributed by atoms with Crippen molar-refractivity contribution < 1.29 is 9.90 Å². The average Bonchev–Trinajstić information content (AvgIpc) is 2.83. The Morgan fingerprint density at radius 2 is 2.50 bits per heavy atom. The summed E-state index contributed by atoms with van der Waals surface area (Å²) in [5, 5.41) is 12.4. The molecule has 2 heterocycles. The van der Waals surface area contributed by atoms with E-state index < -0.39 is 0 Å². The van der Waals surface area contributed by atoms with Crippen molar-refractivity contribution in [3.05, 3.63) is 18.2 Å². The third-order valence-corrected chi connectivity index (χ3v) is 3.24. The zero-order valence-electron chi connectivity index (χ0n) is 10.7. The minimum atomic E-state index is -0.384. The van der Waals surface area contributed by atoms with E-state index in [0.717, 1.165) is 31.6 Å². The first-order chi connectivity index (χ1) is 8.70. The lowest BCUT2D eigenvalue weighted by atomic mass is 10.1. The predicted molar refractivity (Wildman–Crippen MR) is 67.0 cm³/mol. The lowest BCUT2D eigenvalue weighted by molar-refractivity contribution is 0.0841. The molecule has 0 spiro atoms. The van der Waals surface area contributed by atoms with Crippen molar-refractivity contribution in [2.75, 3.05) is 13.1 Å². The molecular formula is C12H20N4O2. The SMILES string of the molecule is CCn1cncc1CNC(=O)N1CCCC(O)C1. The van der Waals surface area contributed by atoms with Gasteiger partial charge >= 0.3 is 6.03 Å². The molecule has 1 aromatic heterocycles. The van der Waals surface area contributed by atoms with Gasteiger partial charge < -0.3 is 19.9 Å². The Kier molecular flexibility index (Phi) is 4.19. The number of urea groups is 1. The number of β-amino-alcohol motifs (C(OH)–C–C–N with tert-alkyl or cyclic N) is 1. The van der Waals surface area contributed by atoms with Crippen molar-refractivity contribution in [1.82, 2.24) is 19.8 Å². The van der Waals surface area contributed by atoms with Gasteiger partial charge in [0.2, 0.25) is 0 Å². The number of carbonyl (C=O) groups excluding carboxylic acids is 1. The molecule has 1 aliphatic heterocycles. The highest BCUT2D eigenvalue weighted by atomic mass is 16.3. The molecule has 2 amide bonds. The normalized spacial score (nSPS) is 19.9. The van der Waals surface area contributed by atoms with E-state index in [9.17, 15) is 9.90 Å². The first-order valence-corrected chi connectivity index (χ1v) is 6.40. The van der Waals surface area contributed by atoms with Gasteiger partial charge in [-0.25, -0.2) is 9.78 Å². The quantitative estimate of drug-likeness (QED) is 0.826. The van der Waals surface area contributed by atoms with Crippen molar-refractivity contribution in [3.8, 4) is 0 Å². The molecule has 100 valence electrons. The molecule has 1 unspecified atom stereocenters. The summed E-state index contributed by atoms with van der Waals surface area (Å²) in [6.45, 7) is 4.50. The van der Waals surface area contributed by atoms with Gasteiger partial charge in [0, 0.05) is 25.8 Å². The second kappa shape index (κ2) is 5.86. The number of hydrogen-bond acceptors (Lipinski definition) is 3. The topological polar surface area (TPSA) is 70.4 Å². The number of aromatic nitrogens is 2. The van der Waals surface area contributed by atoms with Gasteiger partial charge in [0.1, 0.15) is 0 Å². The number of nitrogens with zero attached hydrogens (tertiary/aromatic N) is 3. The van der Waals surface area contributed by atoms with Gasteiger partial charge in [-0.15, -0.1) is 0 Å². The molecule has 0 radical (unpaired) electrons. The third-order valence-electron chi connectivity index (χ3n) is 3.24. The maximum absolute atomic E-state index is 11.9. The number of aliphatic hydroxyl groups is 1. The van der Waals surface area contributed by atoms with E-state index in [1.165, 1.54) is 0 Å². The minimum absolute atomic E-state index is 0.113. The fourth-order valence-electron chi connectivity index (χ4n) is 2.20. The summed E-state index contributed by atoms with van der Waals surface area (Å²) >= 11 is 0. The molecule has 1 aromatic rings. The van der Waals surface area contributed by atoms with Crippen LogP contribution in [0.2, 0.25) is 0 Å². The molecule has 1 saturated heterocycles. The van der Waals surface area contributed by atoms with Gasteiger partial charge in [-0.05, 0) is 19.8 Å². The van der Waals surface area contributed by atoms with Crippen LogP contribution in [-0.2, 0) is 13.1 Å². The Morgan fingerprint density at radius 1 is 1.67 bits per heavy atom. The van der Waals surface area contributed by atoms with E-state index in [1.54, 1.807) is 17.4 Å². The number of hydrogen-bond donors (Lipinski definition) is 2. The van der Waals surface area contributed by atoms with Gasteiger partial charge in [0.15, 0.2) is 0 Å². The highest BCUT2D eigenvalue weighted by Gasteiger charge is 2.21. The summed E-state index contributed by atoms with van der Waals surface area (Å²) in [6, 6.07) is -0.113. The zero-order valence-corrected chi connectivity index (χ0v) is 10.7. The Bertz CT molecular complexity index is 405. The van der Waals surface area contributed by atoms with E-state index in [-0.39, 0.29) is 12.1 Å². The van der Waals surface area contributed by atoms with E-state index in [4.69, 9.17) is 0 Å². The summed E-state index contributed by atoms with van der Waals surface area (Å²) in [5.74, 6) is 0. The molecule has 18 heavy (non-hydrogen) atoms. The highest BCUT2D eigenvalue weighted by molar-refractivity contribution is 5.74. The lowest BCUT2D eigenvalue weighted by Crippen LogP contribution is -2.47.